The van der Waals surface area contributed by atoms with E-state index >= 15 is 0 Å². The lowest BCUT2D eigenvalue weighted by Crippen LogP contribution is -2.20. The molecule has 2 atom stereocenters. The second-order valence-corrected chi connectivity index (χ2v) is 8.41. The number of benzene rings is 2. The van der Waals surface area contributed by atoms with E-state index in [1.807, 2.05) is 59.2 Å². The van der Waals surface area contributed by atoms with Gasteiger partial charge in [-0.3, -0.25) is 4.79 Å². The quantitative estimate of drug-likeness (QED) is 0.770. The molecular weight excluding hydrogens is 312 g/mol. The molecule has 0 saturated carbocycles. The molecule has 0 radical (unpaired) electrons. The molecule has 5 nitrogen and oxygen atoms in total. The summed E-state index contributed by atoms with van der Waals surface area (Å²) in [7, 11) is -2.47. The van der Waals surface area contributed by atoms with Gasteiger partial charge in [-0.25, -0.2) is 4.98 Å². The highest BCUT2D eigenvalue weighted by Crippen LogP contribution is 2.67. The van der Waals surface area contributed by atoms with Crippen LogP contribution in [0, 0.1) is 0 Å². The first-order valence-electron chi connectivity index (χ1n) is 7.37. The van der Waals surface area contributed by atoms with Crippen molar-refractivity contribution >= 4 is 27.3 Å². The minimum absolute atomic E-state index is 0.0710. The van der Waals surface area contributed by atoms with Crippen molar-refractivity contribution in [2.45, 2.75) is 28.3 Å². The number of rotatable bonds is 3. The number of carboxylic acid groups (broad SMARTS) is 1. The fraction of sp³-hybridized carbons (Fsp3) is 0.176. The largest absolute Gasteiger partial charge is 0.481 e. The molecule has 0 fully saturated rings. The number of para-hydroxylation sites is 2. The first kappa shape index (κ1) is 14.3. The van der Waals surface area contributed by atoms with Crippen LogP contribution in [0.5, 0.6) is 0 Å². The van der Waals surface area contributed by atoms with Crippen LogP contribution in [0.25, 0.3) is 11.0 Å². The third-order valence-corrected chi connectivity index (χ3v) is 7.41. The van der Waals surface area contributed by atoms with Crippen LogP contribution in [0.3, 0.4) is 0 Å². The zero-order valence-electron chi connectivity index (χ0n) is 12.3. The van der Waals surface area contributed by atoms with Crippen LogP contribution in [0.15, 0.2) is 64.6 Å². The Morgan fingerprint density at radius 3 is 2.61 bits per heavy atom. The molecule has 2 aromatic carbocycles. The monoisotopic (exact) mass is 328 g/mol. The molecule has 0 saturated heterocycles. The normalized spacial score (nSPS) is 25.9. The number of nitrogens with zero attached hydrogens (tertiary/aromatic N) is 2. The van der Waals surface area contributed by atoms with Crippen molar-refractivity contribution in [1.82, 2.24) is 9.55 Å². The Labute approximate surface area is 134 Å². The highest BCUT2D eigenvalue weighted by Gasteiger charge is 2.46. The molecule has 0 aliphatic carbocycles. The van der Waals surface area contributed by atoms with Gasteiger partial charge in [0.05, 0.1) is 17.5 Å². The average Bonchev–Trinajstić information content (AvgIpc) is 3.05. The molecule has 2 heterocycles. The van der Waals surface area contributed by atoms with Gasteiger partial charge in [-0.1, -0.05) is 30.3 Å². The molecule has 1 aromatic heterocycles. The Morgan fingerprint density at radius 2 is 1.87 bits per heavy atom. The number of hydrogen-bond donors (Lipinski definition) is 2. The number of hydrogen-bond acceptors (Lipinski definition) is 3. The molecule has 2 unspecified atom stereocenters. The zero-order valence-corrected chi connectivity index (χ0v) is 13.1. The standard InChI is InChI=1S/C17H16N2O3S/c20-16(21)10-13-11-19-15-9-5-4-8-14(15)18-17(19)23(13,22)12-6-2-1-3-7-12/h1-9,13,22H,10-11H2,(H,20,21). The van der Waals surface area contributed by atoms with Crippen molar-refractivity contribution < 1.29 is 14.5 Å². The van der Waals surface area contributed by atoms with Gasteiger partial charge in [0.15, 0.2) is 5.16 Å². The molecule has 1 aliphatic rings. The van der Waals surface area contributed by atoms with E-state index in [0.717, 1.165) is 15.9 Å². The molecule has 0 bridgehead atoms. The predicted molar refractivity (Wildman–Crippen MR) is 89.0 cm³/mol. The second-order valence-electron chi connectivity index (χ2n) is 5.65. The topological polar surface area (TPSA) is 75.3 Å². The minimum Gasteiger partial charge on any atom is -0.481 e. The van der Waals surface area contributed by atoms with E-state index in [1.165, 1.54) is 0 Å². The summed E-state index contributed by atoms with van der Waals surface area (Å²) >= 11 is 0. The van der Waals surface area contributed by atoms with Crippen LogP contribution in [0.4, 0.5) is 0 Å². The van der Waals surface area contributed by atoms with Crippen molar-refractivity contribution in [2.24, 2.45) is 0 Å². The molecule has 2 N–H and O–H groups in total. The highest BCUT2D eigenvalue weighted by molar-refractivity contribution is 8.29. The highest BCUT2D eigenvalue weighted by atomic mass is 32.3. The Morgan fingerprint density at radius 1 is 1.17 bits per heavy atom. The van der Waals surface area contributed by atoms with Crippen LogP contribution in [-0.2, 0) is 11.3 Å². The summed E-state index contributed by atoms with van der Waals surface area (Å²) in [5, 5.41) is 9.50. The van der Waals surface area contributed by atoms with Crippen molar-refractivity contribution in [3.05, 3.63) is 54.6 Å². The molecule has 3 aromatic rings. The van der Waals surface area contributed by atoms with E-state index in [0.29, 0.717) is 11.7 Å². The van der Waals surface area contributed by atoms with Gasteiger partial charge in [0.25, 0.3) is 0 Å². The predicted octanol–water partition coefficient (Wildman–Crippen LogP) is 3.59. The maximum absolute atomic E-state index is 11.6. The van der Waals surface area contributed by atoms with Crippen LogP contribution in [0.1, 0.15) is 6.42 Å². The van der Waals surface area contributed by atoms with Gasteiger partial charge in [0, 0.05) is 16.7 Å². The van der Waals surface area contributed by atoms with Crippen molar-refractivity contribution in [3.8, 4) is 0 Å². The molecule has 0 spiro atoms. The number of carboxylic acids is 1. The maximum Gasteiger partial charge on any atom is 0.304 e. The fourth-order valence-electron chi connectivity index (χ4n) is 3.23. The molecule has 6 heteroatoms. The summed E-state index contributed by atoms with van der Waals surface area (Å²) in [4.78, 5) is 16.7. The molecule has 4 rings (SSSR count). The Bertz CT molecular complexity index is 893. The van der Waals surface area contributed by atoms with Crippen molar-refractivity contribution in [3.63, 3.8) is 0 Å². The Hall–Kier alpha value is -2.31. The molecule has 1 aliphatic heterocycles. The number of imidazole rings is 1. The summed E-state index contributed by atoms with van der Waals surface area (Å²) in [6.07, 6.45) is -0.0710. The molecular formula is C17H16N2O3S. The summed E-state index contributed by atoms with van der Waals surface area (Å²) in [6, 6.07) is 17.1. The number of aliphatic carboxylic acids is 1. The van der Waals surface area contributed by atoms with Gasteiger partial charge in [-0.2, -0.15) is 0 Å². The number of fused-ring (bicyclic) bond motifs is 3. The van der Waals surface area contributed by atoms with Gasteiger partial charge in [-0.05, 0) is 34.6 Å². The van der Waals surface area contributed by atoms with Crippen LogP contribution < -0.4 is 0 Å². The lowest BCUT2D eigenvalue weighted by molar-refractivity contribution is -0.137. The Balaban J connectivity index is 1.95. The van der Waals surface area contributed by atoms with Gasteiger partial charge >= 0.3 is 5.97 Å². The molecule has 118 valence electrons. The van der Waals surface area contributed by atoms with Gasteiger partial charge < -0.3 is 14.2 Å². The summed E-state index contributed by atoms with van der Waals surface area (Å²) in [5.74, 6) is -0.896. The van der Waals surface area contributed by atoms with Crippen molar-refractivity contribution in [2.75, 3.05) is 0 Å². The van der Waals surface area contributed by atoms with Crippen LogP contribution in [0.2, 0.25) is 0 Å². The van der Waals surface area contributed by atoms with E-state index in [4.69, 9.17) is 0 Å². The summed E-state index contributed by atoms with van der Waals surface area (Å²) in [6.45, 7) is 0.475. The second kappa shape index (κ2) is 5.11. The third-order valence-electron chi connectivity index (χ3n) is 4.27. The number of aromatic nitrogens is 2. The maximum atomic E-state index is 11.6. The lowest BCUT2D eigenvalue weighted by Gasteiger charge is -2.33. The first-order chi connectivity index (χ1) is 11.1. The smallest absolute Gasteiger partial charge is 0.304 e. The Kier molecular flexibility index (Phi) is 3.18. The molecule has 23 heavy (non-hydrogen) atoms. The van der Waals surface area contributed by atoms with Gasteiger partial charge in [0.2, 0.25) is 0 Å². The van der Waals surface area contributed by atoms with E-state index < -0.39 is 16.3 Å². The average molecular weight is 328 g/mol. The van der Waals surface area contributed by atoms with E-state index in [-0.39, 0.29) is 11.7 Å². The van der Waals surface area contributed by atoms with E-state index in [2.05, 4.69) is 4.98 Å². The van der Waals surface area contributed by atoms with Crippen LogP contribution in [-0.4, -0.2) is 30.4 Å². The van der Waals surface area contributed by atoms with Gasteiger partial charge in [-0.15, -0.1) is 0 Å². The summed E-state index contributed by atoms with van der Waals surface area (Å²) < 4.78 is 13.5. The van der Waals surface area contributed by atoms with E-state index in [9.17, 15) is 14.5 Å². The summed E-state index contributed by atoms with van der Waals surface area (Å²) in [5.41, 5.74) is 1.77. The minimum atomic E-state index is -2.47. The number of carbonyl (C=O) groups is 1. The SMILES string of the molecule is O=C(O)CC1Cn2c(nc3ccccc32)S1(O)c1ccccc1. The van der Waals surface area contributed by atoms with Crippen LogP contribution >= 0.6 is 10.3 Å². The van der Waals surface area contributed by atoms with E-state index in [1.54, 1.807) is 0 Å². The molecule has 0 amide bonds. The van der Waals surface area contributed by atoms with Crippen molar-refractivity contribution in [1.29, 1.82) is 0 Å². The fourth-order valence-corrected chi connectivity index (χ4v) is 6.19. The lowest BCUT2D eigenvalue weighted by atomic mass is 10.3. The first-order valence-corrected chi connectivity index (χ1v) is 9.03. The third kappa shape index (κ3) is 2.06. The zero-order chi connectivity index (χ0) is 16.0. The van der Waals surface area contributed by atoms with Gasteiger partial charge in [0.1, 0.15) is 0 Å².